The molecule has 0 heterocycles. The predicted octanol–water partition coefficient (Wildman–Crippen LogP) is 3.10. The maximum atomic E-state index is 11.6. The highest BCUT2D eigenvalue weighted by molar-refractivity contribution is 5.75. The number of hydrogen-bond donors (Lipinski definition) is 0. The van der Waals surface area contributed by atoms with Gasteiger partial charge < -0.3 is 14.2 Å². The molecular weight excluding hydrogens is 272 g/mol. The van der Waals surface area contributed by atoms with Gasteiger partial charge in [-0.1, -0.05) is 13.3 Å². The first kappa shape index (κ1) is 19.9. The van der Waals surface area contributed by atoms with Crippen LogP contribution in [-0.4, -0.2) is 37.4 Å². The van der Waals surface area contributed by atoms with Crippen LogP contribution < -0.4 is 0 Å². The molecule has 124 valence electrons. The molecule has 0 radical (unpaired) electrons. The van der Waals surface area contributed by atoms with Crippen molar-refractivity contribution in [3.8, 4) is 0 Å². The molecule has 5 heteroatoms. The number of hydrogen-bond acceptors (Lipinski definition) is 5. The highest BCUT2D eigenvalue weighted by atomic mass is 16.6. The minimum absolute atomic E-state index is 0.195. The molecule has 0 fully saturated rings. The van der Waals surface area contributed by atoms with Gasteiger partial charge in [0, 0.05) is 6.42 Å². The summed E-state index contributed by atoms with van der Waals surface area (Å²) in [6.45, 7) is 11.6. The Kier molecular flexibility index (Phi) is 9.26. The van der Waals surface area contributed by atoms with Gasteiger partial charge >= 0.3 is 11.9 Å². The normalized spacial score (nSPS) is 14.4. The monoisotopic (exact) mass is 302 g/mol. The summed E-state index contributed by atoms with van der Waals surface area (Å²) in [5.74, 6) is -0.447. The van der Waals surface area contributed by atoms with Crippen LogP contribution in [0.1, 0.15) is 60.8 Å². The Morgan fingerprint density at radius 1 is 1.05 bits per heavy atom. The molecule has 0 N–H and O–H groups in total. The first-order valence-corrected chi connectivity index (χ1v) is 7.65. The van der Waals surface area contributed by atoms with E-state index >= 15 is 0 Å². The maximum Gasteiger partial charge on any atom is 0.311 e. The molecule has 0 bridgehead atoms. The summed E-state index contributed by atoms with van der Waals surface area (Å²) in [7, 11) is 0. The summed E-state index contributed by atoms with van der Waals surface area (Å²) in [4.78, 5) is 23.0. The van der Waals surface area contributed by atoms with Crippen molar-refractivity contribution in [1.82, 2.24) is 0 Å². The molecule has 0 saturated carbocycles. The fourth-order valence-electron chi connectivity index (χ4n) is 1.40. The summed E-state index contributed by atoms with van der Waals surface area (Å²) < 4.78 is 15.9. The Balaban J connectivity index is 3.84. The third-order valence-corrected chi connectivity index (χ3v) is 2.74. The zero-order chi connectivity index (χ0) is 16.5. The fraction of sp³-hybridized carbons (Fsp3) is 0.875. The van der Waals surface area contributed by atoms with Crippen LogP contribution in [0.5, 0.6) is 0 Å². The van der Waals surface area contributed by atoms with Gasteiger partial charge in [0.25, 0.3) is 0 Å². The van der Waals surface area contributed by atoms with Gasteiger partial charge in [-0.3, -0.25) is 9.59 Å². The van der Waals surface area contributed by atoms with Gasteiger partial charge in [-0.15, -0.1) is 0 Å². The van der Waals surface area contributed by atoms with Gasteiger partial charge in [-0.2, -0.15) is 0 Å². The van der Waals surface area contributed by atoms with Gasteiger partial charge in [0.05, 0.1) is 18.1 Å². The second-order valence-corrected chi connectivity index (χ2v) is 6.40. The first-order valence-electron chi connectivity index (χ1n) is 7.65. The van der Waals surface area contributed by atoms with Gasteiger partial charge in [-0.25, -0.2) is 0 Å². The average Bonchev–Trinajstić information content (AvgIpc) is 2.38. The number of esters is 2. The third-order valence-electron chi connectivity index (χ3n) is 2.74. The second-order valence-electron chi connectivity index (χ2n) is 6.40. The number of ether oxygens (including phenoxy) is 3. The lowest BCUT2D eigenvalue weighted by Crippen LogP contribution is -2.29. The van der Waals surface area contributed by atoms with Crippen molar-refractivity contribution in [3.63, 3.8) is 0 Å². The van der Waals surface area contributed by atoms with Crippen molar-refractivity contribution >= 4 is 11.9 Å². The summed E-state index contributed by atoms with van der Waals surface area (Å²) in [5.41, 5.74) is -0.512. The largest absolute Gasteiger partial charge is 0.463 e. The van der Waals surface area contributed by atoms with Crippen molar-refractivity contribution in [3.05, 3.63) is 0 Å². The van der Waals surface area contributed by atoms with E-state index in [1.807, 2.05) is 13.8 Å². The SMILES string of the molecule is CCCCC(=O)OC(C)COC(C)COC(=O)C(C)(C)C. The molecule has 0 aromatic rings. The average molecular weight is 302 g/mol. The quantitative estimate of drug-likeness (QED) is 0.612. The van der Waals surface area contributed by atoms with E-state index in [2.05, 4.69) is 0 Å². The van der Waals surface area contributed by atoms with E-state index in [0.717, 1.165) is 12.8 Å². The van der Waals surface area contributed by atoms with Crippen molar-refractivity contribution in [2.24, 2.45) is 5.41 Å². The molecule has 0 aromatic carbocycles. The number of unbranched alkanes of at least 4 members (excludes halogenated alkanes) is 1. The smallest absolute Gasteiger partial charge is 0.311 e. The van der Waals surface area contributed by atoms with Crippen LogP contribution >= 0.6 is 0 Å². The van der Waals surface area contributed by atoms with Crippen molar-refractivity contribution in [2.75, 3.05) is 13.2 Å². The van der Waals surface area contributed by atoms with Crippen LogP contribution in [0.15, 0.2) is 0 Å². The lowest BCUT2D eigenvalue weighted by Gasteiger charge is -2.20. The van der Waals surface area contributed by atoms with Crippen molar-refractivity contribution in [1.29, 1.82) is 0 Å². The van der Waals surface area contributed by atoms with E-state index in [1.54, 1.807) is 27.7 Å². The highest BCUT2D eigenvalue weighted by Crippen LogP contribution is 2.15. The van der Waals surface area contributed by atoms with E-state index < -0.39 is 5.41 Å². The molecule has 0 aliphatic heterocycles. The summed E-state index contributed by atoms with van der Waals surface area (Å²) >= 11 is 0. The second kappa shape index (κ2) is 9.77. The molecule has 21 heavy (non-hydrogen) atoms. The molecule has 2 unspecified atom stereocenters. The van der Waals surface area contributed by atoms with E-state index in [-0.39, 0.29) is 30.8 Å². The van der Waals surface area contributed by atoms with Crippen LogP contribution in [0.25, 0.3) is 0 Å². The first-order chi connectivity index (χ1) is 9.66. The minimum Gasteiger partial charge on any atom is -0.463 e. The Labute approximate surface area is 128 Å². The summed E-state index contributed by atoms with van der Waals surface area (Å²) in [6, 6.07) is 0. The number of carbonyl (C=O) groups excluding carboxylic acids is 2. The zero-order valence-electron chi connectivity index (χ0n) is 14.2. The van der Waals surface area contributed by atoms with Gasteiger partial charge in [0.2, 0.25) is 0 Å². The number of carbonyl (C=O) groups is 2. The Morgan fingerprint density at radius 3 is 2.19 bits per heavy atom. The molecule has 0 aliphatic carbocycles. The molecule has 2 atom stereocenters. The minimum atomic E-state index is -0.512. The maximum absolute atomic E-state index is 11.6. The van der Waals surface area contributed by atoms with E-state index in [4.69, 9.17) is 14.2 Å². The molecule has 5 nitrogen and oxygen atoms in total. The lowest BCUT2D eigenvalue weighted by atomic mass is 9.97. The lowest BCUT2D eigenvalue weighted by molar-refractivity contribution is -0.159. The Morgan fingerprint density at radius 2 is 1.67 bits per heavy atom. The molecular formula is C16H30O5. The molecule has 0 amide bonds. The molecule has 0 aromatic heterocycles. The van der Waals surface area contributed by atoms with Gasteiger partial charge in [0.1, 0.15) is 12.7 Å². The van der Waals surface area contributed by atoms with Crippen LogP contribution in [0.2, 0.25) is 0 Å². The third kappa shape index (κ3) is 10.3. The standard InChI is InChI=1S/C16H30O5/c1-7-8-9-14(17)21-13(3)11-19-12(2)10-20-15(18)16(4,5)6/h12-13H,7-11H2,1-6H3. The van der Waals surface area contributed by atoms with Crippen LogP contribution in [0, 0.1) is 5.41 Å². The van der Waals surface area contributed by atoms with E-state index in [1.165, 1.54) is 0 Å². The van der Waals surface area contributed by atoms with E-state index in [9.17, 15) is 9.59 Å². The Hall–Kier alpha value is -1.10. The molecule has 0 spiro atoms. The predicted molar refractivity (Wildman–Crippen MR) is 80.9 cm³/mol. The van der Waals surface area contributed by atoms with E-state index in [0.29, 0.717) is 13.0 Å². The van der Waals surface area contributed by atoms with Gasteiger partial charge in [0.15, 0.2) is 0 Å². The highest BCUT2D eigenvalue weighted by Gasteiger charge is 2.23. The van der Waals surface area contributed by atoms with Crippen LogP contribution in [-0.2, 0) is 23.8 Å². The van der Waals surface area contributed by atoms with Crippen molar-refractivity contribution < 1.29 is 23.8 Å². The molecule has 0 aliphatic rings. The number of rotatable bonds is 9. The summed E-state index contributed by atoms with van der Waals surface area (Å²) in [5, 5.41) is 0. The van der Waals surface area contributed by atoms with Crippen molar-refractivity contribution in [2.45, 2.75) is 73.0 Å². The van der Waals surface area contributed by atoms with Crippen LogP contribution in [0.3, 0.4) is 0 Å². The Bertz CT molecular complexity index is 319. The fourth-order valence-corrected chi connectivity index (χ4v) is 1.40. The zero-order valence-corrected chi connectivity index (χ0v) is 14.2. The topological polar surface area (TPSA) is 61.8 Å². The van der Waals surface area contributed by atoms with Gasteiger partial charge in [-0.05, 0) is 41.0 Å². The summed E-state index contributed by atoms with van der Waals surface area (Å²) in [6.07, 6.45) is 1.73. The molecule has 0 rings (SSSR count). The van der Waals surface area contributed by atoms with Crippen LogP contribution in [0.4, 0.5) is 0 Å². The molecule has 0 saturated heterocycles.